The van der Waals surface area contributed by atoms with E-state index < -0.39 is 0 Å². The molecule has 0 saturated carbocycles. The van der Waals surface area contributed by atoms with Gasteiger partial charge in [0, 0.05) is 11.4 Å². The van der Waals surface area contributed by atoms with Crippen LogP contribution in [0.3, 0.4) is 0 Å². The molecular formula is C27H44N4S. The van der Waals surface area contributed by atoms with Gasteiger partial charge in [0.1, 0.15) is 17.0 Å². The first-order valence-electron chi connectivity index (χ1n) is 12.8. The first kappa shape index (κ1) is 26.5. The van der Waals surface area contributed by atoms with Crippen LogP contribution in [0, 0.1) is 6.92 Å². The molecule has 0 saturated heterocycles. The normalized spacial score (nSPS) is 11.1. The number of hydrogen-bond acceptors (Lipinski definition) is 5. The standard InChI is InChI=1S/C27H44N4S/c1-3-4-5-6-7-8-9-10-11-12-13-14-15-16-21-29-26-25(28)27(31-22-30-26)32-24-19-17-23(2)18-20-24/h17-20,22H,3-16,21,28H2,1-2H3,(H,29,30,31). The number of nitrogens with one attached hydrogen (secondary N) is 1. The molecule has 0 amide bonds. The molecule has 2 rings (SSSR count). The summed E-state index contributed by atoms with van der Waals surface area (Å²) in [6, 6.07) is 8.41. The molecule has 178 valence electrons. The predicted octanol–water partition coefficient (Wildman–Crippen LogP) is 8.41. The lowest BCUT2D eigenvalue weighted by molar-refractivity contribution is 0.537. The summed E-state index contributed by atoms with van der Waals surface area (Å²) < 4.78 is 0. The van der Waals surface area contributed by atoms with E-state index in [1.54, 1.807) is 18.1 Å². The summed E-state index contributed by atoms with van der Waals surface area (Å²) in [6.45, 7) is 5.29. The molecule has 5 heteroatoms. The summed E-state index contributed by atoms with van der Waals surface area (Å²) >= 11 is 1.58. The largest absolute Gasteiger partial charge is 0.394 e. The first-order valence-corrected chi connectivity index (χ1v) is 13.6. The van der Waals surface area contributed by atoms with Crippen molar-refractivity contribution in [3.63, 3.8) is 0 Å². The molecule has 0 fully saturated rings. The smallest absolute Gasteiger partial charge is 0.153 e. The fraction of sp³-hybridized carbons (Fsp3) is 0.630. The van der Waals surface area contributed by atoms with Gasteiger partial charge in [-0.25, -0.2) is 9.97 Å². The highest BCUT2D eigenvalue weighted by Gasteiger charge is 2.09. The van der Waals surface area contributed by atoms with Crippen LogP contribution in [0.5, 0.6) is 0 Å². The molecule has 32 heavy (non-hydrogen) atoms. The zero-order valence-electron chi connectivity index (χ0n) is 20.4. The molecule has 0 aliphatic carbocycles. The number of nitrogens with zero attached hydrogens (tertiary/aromatic N) is 2. The molecule has 0 radical (unpaired) electrons. The molecule has 2 aromatic rings. The minimum Gasteiger partial charge on any atom is -0.394 e. The predicted molar refractivity (Wildman–Crippen MR) is 141 cm³/mol. The number of hydrogen-bond donors (Lipinski definition) is 2. The summed E-state index contributed by atoms with van der Waals surface area (Å²) in [5.74, 6) is 0.754. The van der Waals surface area contributed by atoms with E-state index in [1.165, 1.54) is 89.0 Å². The fourth-order valence-electron chi connectivity index (χ4n) is 3.85. The molecule has 0 aliphatic heterocycles. The first-order chi connectivity index (χ1) is 15.7. The van der Waals surface area contributed by atoms with E-state index in [-0.39, 0.29) is 0 Å². The van der Waals surface area contributed by atoms with E-state index >= 15 is 0 Å². The Morgan fingerprint density at radius 3 is 1.84 bits per heavy atom. The van der Waals surface area contributed by atoms with Gasteiger partial charge in [0.05, 0.1) is 0 Å². The summed E-state index contributed by atoms with van der Waals surface area (Å²) in [4.78, 5) is 9.84. The average molecular weight is 457 g/mol. The maximum absolute atomic E-state index is 6.31. The van der Waals surface area contributed by atoms with Crippen molar-refractivity contribution < 1.29 is 0 Å². The van der Waals surface area contributed by atoms with E-state index in [0.29, 0.717) is 5.69 Å². The van der Waals surface area contributed by atoms with Gasteiger partial charge in [0.2, 0.25) is 0 Å². The number of aryl methyl sites for hydroxylation is 1. The molecule has 0 bridgehead atoms. The summed E-state index contributed by atoms with van der Waals surface area (Å²) in [5, 5.41) is 4.21. The molecule has 1 heterocycles. The SMILES string of the molecule is CCCCCCCCCCCCCCCCNc1ncnc(Sc2ccc(C)cc2)c1N. The third-order valence-corrected chi connectivity index (χ3v) is 6.93. The van der Waals surface area contributed by atoms with E-state index in [4.69, 9.17) is 5.73 Å². The molecule has 0 atom stereocenters. The van der Waals surface area contributed by atoms with Crippen LogP contribution in [0.15, 0.2) is 40.5 Å². The Kier molecular flexibility index (Phi) is 13.9. The zero-order valence-corrected chi connectivity index (χ0v) is 21.2. The number of nitrogen functional groups attached to an aromatic ring is 1. The number of anilines is 2. The van der Waals surface area contributed by atoms with Gasteiger partial charge in [-0.3, -0.25) is 0 Å². The number of nitrogens with two attached hydrogens (primary N) is 1. The van der Waals surface area contributed by atoms with Crippen molar-refractivity contribution in [2.75, 3.05) is 17.6 Å². The fourth-order valence-corrected chi connectivity index (χ4v) is 4.65. The van der Waals surface area contributed by atoms with Gasteiger partial charge in [0.25, 0.3) is 0 Å². The van der Waals surface area contributed by atoms with Gasteiger partial charge in [-0.05, 0) is 25.5 Å². The molecular weight excluding hydrogens is 412 g/mol. The molecule has 4 nitrogen and oxygen atoms in total. The van der Waals surface area contributed by atoms with E-state index in [2.05, 4.69) is 53.4 Å². The Hall–Kier alpha value is -1.75. The van der Waals surface area contributed by atoms with Crippen LogP contribution < -0.4 is 11.1 Å². The maximum atomic E-state index is 6.31. The molecule has 3 N–H and O–H groups in total. The second-order valence-electron chi connectivity index (χ2n) is 8.88. The Morgan fingerprint density at radius 2 is 1.28 bits per heavy atom. The monoisotopic (exact) mass is 456 g/mol. The highest BCUT2D eigenvalue weighted by Crippen LogP contribution is 2.33. The second kappa shape index (κ2) is 16.8. The van der Waals surface area contributed by atoms with Crippen LogP contribution >= 0.6 is 11.8 Å². The number of unbranched alkanes of at least 4 members (excludes halogenated alkanes) is 13. The van der Waals surface area contributed by atoms with Crippen LogP contribution in [-0.2, 0) is 0 Å². The minimum atomic E-state index is 0.642. The lowest BCUT2D eigenvalue weighted by Gasteiger charge is -2.11. The molecule has 1 aromatic carbocycles. The summed E-state index contributed by atoms with van der Waals surface area (Å²) in [7, 11) is 0. The van der Waals surface area contributed by atoms with Crippen LogP contribution in [-0.4, -0.2) is 16.5 Å². The molecule has 0 spiro atoms. The van der Waals surface area contributed by atoms with Crippen LogP contribution in [0.4, 0.5) is 11.5 Å². The van der Waals surface area contributed by atoms with Gasteiger partial charge >= 0.3 is 0 Å². The zero-order chi connectivity index (χ0) is 22.9. The van der Waals surface area contributed by atoms with Gasteiger partial charge in [-0.2, -0.15) is 0 Å². The third kappa shape index (κ3) is 11.2. The van der Waals surface area contributed by atoms with Gasteiger partial charge in [0.15, 0.2) is 5.82 Å². The van der Waals surface area contributed by atoms with Crippen molar-refractivity contribution in [1.29, 1.82) is 0 Å². The summed E-state index contributed by atoms with van der Waals surface area (Å²) in [5.41, 5.74) is 8.21. The highest BCUT2D eigenvalue weighted by atomic mass is 32.2. The highest BCUT2D eigenvalue weighted by molar-refractivity contribution is 7.99. The van der Waals surface area contributed by atoms with Crippen LogP contribution in [0.25, 0.3) is 0 Å². The Morgan fingerprint density at radius 1 is 0.750 bits per heavy atom. The van der Waals surface area contributed by atoms with Crippen LogP contribution in [0.1, 0.15) is 102 Å². The quantitative estimate of drug-likeness (QED) is 0.174. The average Bonchev–Trinajstić information content (AvgIpc) is 2.80. The Labute approximate surface area is 200 Å². The topological polar surface area (TPSA) is 63.8 Å². The van der Waals surface area contributed by atoms with Crippen molar-refractivity contribution in [2.24, 2.45) is 0 Å². The van der Waals surface area contributed by atoms with Crippen molar-refractivity contribution in [3.05, 3.63) is 36.2 Å². The molecule has 1 aromatic heterocycles. The lowest BCUT2D eigenvalue weighted by atomic mass is 10.0. The Bertz CT molecular complexity index is 733. The van der Waals surface area contributed by atoms with Crippen molar-refractivity contribution in [1.82, 2.24) is 9.97 Å². The van der Waals surface area contributed by atoms with Crippen LogP contribution in [0.2, 0.25) is 0 Å². The third-order valence-electron chi connectivity index (χ3n) is 5.91. The van der Waals surface area contributed by atoms with Gasteiger partial charge < -0.3 is 11.1 Å². The van der Waals surface area contributed by atoms with E-state index in [9.17, 15) is 0 Å². The van der Waals surface area contributed by atoms with Crippen molar-refractivity contribution in [3.8, 4) is 0 Å². The van der Waals surface area contributed by atoms with Crippen molar-refractivity contribution in [2.45, 2.75) is 114 Å². The number of aromatic nitrogens is 2. The molecule has 0 aliphatic rings. The second-order valence-corrected chi connectivity index (χ2v) is 9.94. The van der Waals surface area contributed by atoms with E-state index in [1.807, 2.05) is 0 Å². The number of rotatable bonds is 18. The summed E-state index contributed by atoms with van der Waals surface area (Å²) in [6.07, 6.45) is 20.9. The maximum Gasteiger partial charge on any atom is 0.153 e. The Balaban J connectivity index is 1.50. The van der Waals surface area contributed by atoms with Crippen molar-refractivity contribution >= 4 is 23.3 Å². The number of benzene rings is 1. The minimum absolute atomic E-state index is 0.642. The lowest BCUT2D eigenvalue weighted by Crippen LogP contribution is -2.07. The van der Waals surface area contributed by atoms with Gasteiger partial charge in [-0.15, -0.1) is 0 Å². The van der Waals surface area contributed by atoms with E-state index in [0.717, 1.165) is 28.7 Å². The van der Waals surface area contributed by atoms with Gasteiger partial charge in [-0.1, -0.05) is 120 Å². The molecule has 0 unspecified atom stereocenters.